The number of halogens is 1. The van der Waals surface area contributed by atoms with Gasteiger partial charge in [0.15, 0.2) is 0 Å². The van der Waals surface area contributed by atoms with E-state index in [1.54, 1.807) is 36.4 Å². The number of rotatable bonds is 3. The van der Waals surface area contributed by atoms with E-state index in [1.807, 2.05) is 4.90 Å². The van der Waals surface area contributed by atoms with Gasteiger partial charge in [-0.3, -0.25) is 29.4 Å². The van der Waals surface area contributed by atoms with Crippen molar-refractivity contribution in [3.05, 3.63) is 65.0 Å². The standard InChI is InChI=1S/C23H21FN4O4/c24-17-4-2-1-3-13(17)16-10-27(11-18(16)25)12-5-6-14-15(9-12)23(32)28(22(14)31)19-7-8-20(29)26-21(19)30/h1-6,9,16,18-19H,7-8,10-11,25H2,(H,26,29,30)/t16-,18+,19?/m0/s1. The summed E-state index contributed by atoms with van der Waals surface area (Å²) in [4.78, 5) is 52.4. The lowest BCUT2D eigenvalue weighted by Gasteiger charge is -2.27. The summed E-state index contributed by atoms with van der Waals surface area (Å²) < 4.78 is 14.3. The number of fused-ring (bicyclic) bond motifs is 1. The van der Waals surface area contributed by atoms with Gasteiger partial charge in [-0.25, -0.2) is 4.39 Å². The normalized spacial score (nSPS) is 25.4. The summed E-state index contributed by atoms with van der Waals surface area (Å²) >= 11 is 0. The van der Waals surface area contributed by atoms with E-state index in [0.29, 0.717) is 24.3 Å². The number of hydrogen-bond donors (Lipinski definition) is 2. The minimum Gasteiger partial charge on any atom is -0.369 e. The van der Waals surface area contributed by atoms with Gasteiger partial charge >= 0.3 is 0 Å². The third-order valence-electron chi connectivity index (χ3n) is 6.46. The highest BCUT2D eigenvalue weighted by atomic mass is 19.1. The van der Waals surface area contributed by atoms with Gasteiger partial charge in [-0.2, -0.15) is 0 Å². The number of anilines is 1. The van der Waals surface area contributed by atoms with Crippen LogP contribution in [0.5, 0.6) is 0 Å². The maximum Gasteiger partial charge on any atom is 0.262 e. The maximum absolute atomic E-state index is 14.3. The van der Waals surface area contributed by atoms with Crippen LogP contribution in [0.3, 0.4) is 0 Å². The summed E-state index contributed by atoms with van der Waals surface area (Å²) in [5.74, 6) is -2.68. The first-order chi connectivity index (χ1) is 15.3. The van der Waals surface area contributed by atoms with Gasteiger partial charge in [-0.05, 0) is 36.2 Å². The molecule has 3 aliphatic rings. The number of carbonyl (C=O) groups excluding carboxylic acids is 4. The number of amides is 4. The Morgan fingerprint density at radius 3 is 2.47 bits per heavy atom. The lowest BCUT2D eigenvalue weighted by Crippen LogP contribution is -2.54. The molecule has 0 spiro atoms. The Balaban J connectivity index is 1.40. The van der Waals surface area contributed by atoms with Gasteiger partial charge in [0.2, 0.25) is 11.8 Å². The Hall–Kier alpha value is -3.59. The second-order valence-corrected chi connectivity index (χ2v) is 8.37. The van der Waals surface area contributed by atoms with Gasteiger partial charge in [0.05, 0.1) is 11.1 Å². The van der Waals surface area contributed by atoms with E-state index in [4.69, 9.17) is 5.73 Å². The number of nitrogens with zero attached hydrogens (tertiary/aromatic N) is 2. The van der Waals surface area contributed by atoms with Crippen molar-refractivity contribution in [2.24, 2.45) is 5.73 Å². The average molecular weight is 436 g/mol. The van der Waals surface area contributed by atoms with Crippen molar-refractivity contribution in [3.8, 4) is 0 Å². The number of imide groups is 2. The van der Waals surface area contributed by atoms with Crippen molar-refractivity contribution >= 4 is 29.3 Å². The quantitative estimate of drug-likeness (QED) is 0.699. The minimum absolute atomic E-state index is 0.0676. The molecule has 0 aliphatic carbocycles. The third-order valence-corrected chi connectivity index (χ3v) is 6.46. The molecule has 2 fully saturated rings. The first-order valence-electron chi connectivity index (χ1n) is 10.5. The Kier molecular flexibility index (Phi) is 4.78. The number of nitrogens with two attached hydrogens (primary N) is 1. The highest BCUT2D eigenvalue weighted by Gasteiger charge is 2.45. The Bertz CT molecular complexity index is 1170. The molecule has 3 atom stereocenters. The molecule has 0 aromatic heterocycles. The number of hydrogen-bond acceptors (Lipinski definition) is 6. The predicted octanol–water partition coefficient (Wildman–Crippen LogP) is 1.16. The van der Waals surface area contributed by atoms with Crippen LogP contribution in [0.2, 0.25) is 0 Å². The van der Waals surface area contributed by atoms with Crippen LogP contribution in [0.15, 0.2) is 42.5 Å². The van der Waals surface area contributed by atoms with Crippen LogP contribution in [0.4, 0.5) is 10.1 Å². The Labute approximate surface area is 183 Å². The fourth-order valence-corrected chi connectivity index (χ4v) is 4.80. The fourth-order valence-electron chi connectivity index (χ4n) is 4.80. The smallest absolute Gasteiger partial charge is 0.262 e. The van der Waals surface area contributed by atoms with Crippen LogP contribution in [0.1, 0.15) is 45.0 Å². The van der Waals surface area contributed by atoms with Gasteiger partial charge in [0.1, 0.15) is 11.9 Å². The van der Waals surface area contributed by atoms with E-state index in [1.165, 1.54) is 6.07 Å². The molecule has 3 aliphatic heterocycles. The van der Waals surface area contributed by atoms with Gasteiger partial charge in [-0.1, -0.05) is 18.2 Å². The van der Waals surface area contributed by atoms with Crippen molar-refractivity contribution in [3.63, 3.8) is 0 Å². The molecule has 0 bridgehead atoms. The topological polar surface area (TPSA) is 113 Å². The molecule has 32 heavy (non-hydrogen) atoms. The van der Waals surface area contributed by atoms with Crippen LogP contribution in [0.25, 0.3) is 0 Å². The third kappa shape index (κ3) is 3.16. The summed E-state index contributed by atoms with van der Waals surface area (Å²) in [7, 11) is 0. The lowest BCUT2D eigenvalue weighted by atomic mass is 9.94. The molecule has 0 radical (unpaired) electrons. The van der Waals surface area contributed by atoms with Crippen LogP contribution < -0.4 is 16.0 Å². The van der Waals surface area contributed by atoms with E-state index in [2.05, 4.69) is 5.32 Å². The number of nitrogens with one attached hydrogen (secondary N) is 1. The largest absolute Gasteiger partial charge is 0.369 e. The zero-order valence-corrected chi connectivity index (χ0v) is 17.1. The van der Waals surface area contributed by atoms with E-state index < -0.39 is 29.7 Å². The lowest BCUT2D eigenvalue weighted by molar-refractivity contribution is -0.136. The molecule has 8 nitrogen and oxygen atoms in total. The second-order valence-electron chi connectivity index (χ2n) is 8.37. The summed E-state index contributed by atoms with van der Waals surface area (Å²) in [5.41, 5.74) is 7.99. The van der Waals surface area contributed by atoms with Crippen molar-refractivity contribution in [2.75, 3.05) is 18.0 Å². The van der Waals surface area contributed by atoms with Crippen molar-refractivity contribution < 1.29 is 23.6 Å². The average Bonchev–Trinajstić information content (AvgIpc) is 3.26. The molecule has 3 heterocycles. The molecule has 9 heteroatoms. The molecule has 2 aromatic rings. The minimum atomic E-state index is -1.01. The van der Waals surface area contributed by atoms with Crippen molar-refractivity contribution in [1.82, 2.24) is 10.2 Å². The van der Waals surface area contributed by atoms with Crippen LogP contribution >= 0.6 is 0 Å². The zero-order chi connectivity index (χ0) is 22.6. The summed E-state index contributed by atoms with van der Waals surface area (Å²) in [5, 5.41) is 2.18. The highest BCUT2D eigenvalue weighted by molar-refractivity contribution is 6.23. The first kappa shape index (κ1) is 20.3. The van der Waals surface area contributed by atoms with Gasteiger partial charge in [-0.15, -0.1) is 0 Å². The molecular formula is C23H21FN4O4. The van der Waals surface area contributed by atoms with Crippen LogP contribution in [0, 0.1) is 5.82 Å². The first-order valence-corrected chi connectivity index (χ1v) is 10.5. The second kappa shape index (κ2) is 7.52. The SMILES string of the molecule is N[C@@H]1CN(c2ccc3c(c2)C(=O)N(C2CCC(=O)NC2=O)C3=O)C[C@H]1c1ccccc1F. The molecule has 0 saturated carbocycles. The maximum atomic E-state index is 14.3. The summed E-state index contributed by atoms with van der Waals surface area (Å²) in [6, 6.07) is 10.2. The van der Waals surface area contributed by atoms with Gasteiger partial charge in [0, 0.05) is 37.2 Å². The molecule has 4 amide bonds. The monoisotopic (exact) mass is 436 g/mol. The molecule has 2 aromatic carbocycles. The summed E-state index contributed by atoms with van der Waals surface area (Å²) in [6.45, 7) is 0.941. The Morgan fingerprint density at radius 2 is 1.72 bits per heavy atom. The molecule has 5 rings (SSSR count). The van der Waals surface area contributed by atoms with Crippen molar-refractivity contribution in [1.29, 1.82) is 0 Å². The summed E-state index contributed by atoms with van der Waals surface area (Å²) in [6.07, 6.45) is 0.173. The van der Waals surface area contributed by atoms with Gasteiger partial charge < -0.3 is 10.6 Å². The van der Waals surface area contributed by atoms with Gasteiger partial charge in [0.25, 0.3) is 11.8 Å². The van der Waals surface area contributed by atoms with E-state index >= 15 is 0 Å². The molecule has 164 valence electrons. The molecular weight excluding hydrogens is 415 g/mol. The van der Waals surface area contributed by atoms with E-state index in [9.17, 15) is 23.6 Å². The van der Waals surface area contributed by atoms with Crippen molar-refractivity contribution in [2.45, 2.75) is 30.8 Å². The van der Waals surface area contributed by atoms with E-state index in [-0.39, 0.29) is 41.7 Å². The molecule has 2 saturated heterocycles. The fraction of sp³-hybridized carbons (Fsp3) is 0.304. The molecule has 3 N–H and O–H groups in total. The highest BCUT2D eigenvalue weighted by Crippen LogP contribution is 2.35. The predicted molar refractivity (Wildman–Crippen MR) is 112 cm³/mol. The zero-order valence-electron chi connectivity index (χ0n) is 17.1. The van der Waals surface area contributed by atoms with Crippen LogP contribution in [-0.2, 0) is 9.59 Å². The Morgan fingerprint density at radius 1 is 0.969 bits per heavy atom. The van der Waals surface area contributed by atoms with E-state index in [0.717, 1.165) is 4.90 Å². The van der Waals surface area contributed by atoms with Crippen LogP contribution in [-0.4, -0.2) is 53.7 Å². The molecule has 1 unspecified atom stereocenters. The number of carbonyl (C=O) groups is 4. The number of benzene rings is 2. The number of piperidine rings is 1.